The number of para-hydroxylation sites is 1. The first kappa shape index (κ1) is 20.6. The van der Waals surface area contributed by atoms with Crippen LogP contribution in [0.4, 0.5) is 5.69 Å². The van der Waals surface area contributed by atoms with Crippen molar-refractivity contribution in [3.8, 4) is 0 Å². The summed E-state index contributed by atoms with van der Waals surface area (Å²) in [4.78, 5) is 19.5. The number of nitrogens with zero attached hydrogens (tertiary/aromatic N) is 1. The molecule has 0 saturated carbocycles. The van der Waals surface area contributed by atoms with Gasteiger partial charge in [-0.2, -0.15) is 0 Å². The lowest BCUT2D eigenvalue weighted by atomic mass is 9.83. The van der Waals surface area contributed by atoms with Gasteiger partial charge in [-0.15, -0.1) is 0 Å². The summed E-state index contributed by atoms with van der Waals surface area (Å²) in [6.07, 6.45) is 7.15. The summed E-state index contributed by atoms with van der Waals surface area (Å²) in [6, 6.07) is 17.2. The molecule has 1 aliphatic rings. The Morgan fingerprint density at radius 1 is 1.16 bits per heavy atom. The van der Waals surface area contributed by atoms with Gasteiger partial charge in [0.15, 0.2) is 0 Å². The molecule has 164 valence electrons. The Bertz CT molecular complexity index is 1260. The van der Waals surface area contributed by atoms with Gasteiger partial charge in [0.1, 0.15) is 0 Å². The van der Waals surface area contributed by atoms with E-state index in [1.807, 2.05) is 6.20 Å². The second-order valence-electron chi connectivity index (χ2n) is 8.89. The maximum atomic E-state index is 11.2. The quantitative estimate of drug-likeness (QED) is 0.389. The summed E-state index contributed by atoms with van der Waals surface area (Å²) in [5, 5.41) is 9.19. The molecule has 1 aliphatic carbocycles. The fourth-order valence-corrected chi connectivity index (χ4v) is 4.96. The van der Waals surface area contributed by atoms with E-state index in [0.717, 1.165) is 50.7 Å². The third kappa shape index (κ3) is 4.33. The monoisotopic (exact) mass is 426 g/mol. The topological polar surface area (TPSA) is 69.8 Å². The van der Waals surface area contributed by atoms with Gasteiger partial charge in [-0.1, -0.05) is 24.3 Å². The number of benzene rings is 2. The molecule has 32 heavy (non-hydrogen) atoms. The van der Waals surface area contributed by atoms with E-state index in [2.05, 4.69) is 64.1 Å². The Balaban J connectivity index is 1.34. The Hall–Kier alpha value is -3.34. The van der Waals surface area contributed by atoms with Crippen molar-refractivity contribution in [1.82, 2.24) is 15.3 Å². The van der Waals surface area contributed by atoms with E-state index in [-0.39, 0.29) is 5.91 Å². The number of nitrogens with one attached hydrogen (secondary N) is 3. The predicted molar refractivity (Wildman–Crippen MR) is 131 cm³/mol. The molecule has 0 saturated heterocycles. The van der Waals surface area contributed by atoms with Crippen LogP contribution in [-0.2, 0) is 24.1 Å². The van der Waals surface area contributed by atoms with E-state index in [9.17, 15) is 4.79 Å². The van der Waals surface area contributed by atoms with Gasteiger partial charge >= 0.3 is 0 Å². The van der Waals surface area contributed by atoms with Crippen molar-refractivity contribution in [2.24, 2.45) is 5.92 Å². The first-order valence-electron chi connectivity index (χ1n) is 11.6. The number of aromatic nitrogens is 2. The standard InChI is InChI=1S/C27H30N4O/c1-18(32)28-13-10-20-6-8-23-26(17-20)31-25-5-3-2-4-22(25)27(23)30-14-11-19-7-9-24-21(16-19)12-15-29-24/h2-5,7,9,12,15-16,20,29H,6,8,10-11,13-14,17H2,1H3,(H,28,32)(H,30,31). The molecular formula is C27H30N4O. The van der Waals surface area contributed by atoms with E-state index in [0.29, 0.717) is 5.92 Å². The van der Waals surface area contributed by atoms with Crippen LogP contribution in [0.3, 0.4) is 0 Å². The number of rotatable bonds is 7. The van der Waals surface area contributed by atoms with E-state index >= 15 is 0 Å². The number of amides is 1. The van der Waals surface area contributed by atoms with Crippen molar-refractivity contribution in [2.75, 3.05) is 18.4 Å². The first-order chi connectivity index (χ1) is 15.7. The van der Waals surface area contributed by atoms with Gasteiger partial charge in [0.25, 0.3) is 0 Å². The lowest BCUT2D eigenvalue weighted by Crippen LogP contribution is -2.26. The number of carbonyl (C=O) groups is 1. The zero-order chi connectivity index (χ0) is 21.9. The zero-order valence-corrected chi connectivity index (χ0v) is 18.6. The van der Waals surface area contributed by atoms with Crippen molar-refractivity contribution in [2.45, 2.75) is 39.0 Å². The number of hydrogen-bond acceptors (Lipinski definition) is 3. The van der Waals surface area contributed by atoms with Crippen LogP contribution in [0.1, 0.15) is 36.6 Å². The molecule has 1 atom stereocenters. The first-order valence-corrected chi connectivity index (χ1v) is 11.6. The number of pyridine rings is 1. The highest BCUT2D eigenvalue weighted by atomic mass is 16.1. The van der Waals surface area contributed by atoms with Crippen LogP contribution in [-0.4, -0.2) is 29.0 Å². The van der Waals surface area contributed by atoms with E-state index in [4.69, 9.17) is 4.98 Å². The lowest BCUT2D eigenvalue weighted by molar-refractivity contribution is -0.119. The highest BCUT2D eigenvalue weighted by Crippen LogP contribution is 2.35. The molecule has 0 fully saturated rings. The van der Waals surface area contributed by atoms with Crippen LogP contribution in [0.15, 0.2) is 54.7 Å². The van der Waals surface area contributed by atoms with Crippen LogP contribution in [0.5, 0.6) is 0 Å². The molecule has 0 radical (unpaired) electrons. The zero-order valence-electron chi connectivity index (χ0n) is 18.6. The Kier molecular flexibility index (Phi) is 5.80. The highest BCUT2D eigenvalue weighted by molar-refractivity contribution is 5.93. The lowest BCUT2D eigenvalue weighted by Gasteiger charge is -2.27. The molecule has 0 bridgehead atoms. The van der Waals surface area contributed by atoms with E-state index in [1.54, 1.807) is 6.92 Å². The third-order valence-corrected chi connectivity index (χ3v) is 6.62. The van der Waals surface area contributed by atoms with Gasteiger partial charge in [0, 0.05) is 48.5 Å². The summed E-state index contributed by atoms with van der Waals surface area (Å²) >= 11 is 0. The minimum Gasteiger partial charge on any atom is -0.384 e. The Morgan fingerprint density at radius 2 is 2.06 bits per heavy atom. The van der Waals surface area contributed by atoms with Gasteiger partial charge < -0.3 is 15.6 Å². The number of anilines is 1. The second-order valence-corrected chi connectivity index (χ2v) is 8.89. The number of carbonyl (C=O) groups excluding carboxylic acids is 1. The summed E-state index contributed by atoms with van der Waals surface area (Å²) in [5.74, 6) is 0.622. The molecule has 1 unspecified atom stereocenters. The summed E-state index contributed by atoms with van der Waals surface area (Å²) in [5.41, 5.74) is 7.44. The largest absolute Gasteiger partial charge is 0.384 e. The maximum Gasteiger partial charge on any atom is 0.216 e. The fourth-order valence-electron chi connectivity index (χ4n) is 4.96. The number of hydrogen-bond donors (Lipinski definition) is 3. The Morgan fingerprint density at radius 3 is 2.97 bits per heavy atom. The normalized spacial score (nSPS) is 15.6. The molecule has 3 N–H and O–H groups in total. The van der Waals surface area contributed by atoms with Crippen molar-refractivity contribution in [1.29, 1.82) is 0 Å². The molecule has 2 aromatic carbocycles. The van der Waals surface area contributed by atoms with Gasteiger partial charge in [0.05, 0.1) is 5.52 Å². The molecule has 5 heteroatoms. The van der Waals surface area contributed by atoms with Gasteiger partial charge in [-0.05, 0) is 78.8 Å². The van der Waals surface area contributed by atoms with Gasteiger partial charge in [0.2, 0.25) is 5.91 Å². The van der Waals surface area contributed by atoms with E-state index < -0.39 is 0 Å². The summed E-state index contributed by atoms with van der Waals surface area (Å²) < 4.78 is 0. The van der Waals surface area contributed by atoms with Gasteiger partial charge in [-0.25, -0.2) is 0 Å². The summed E-state index contributed by atoms with van der Waals surface area (Å²) in [7, 11) is 0. The molecule has 2 aromatic heterocycles. The minimum absolute atomic E-state index is 0.0486. The van der Waals surface area contributed by atoms with E-state index in [1.165, 1.54) is 38.8 Å². The molecule has 5 rings (SSSR count). The van der Waals surface area contributed by atoms with Crippen molar-refractivity contribution in [3.05, 3.63) is 71.5 Å². The molecule has 0 aliphatic heterocycles. The smallest absolute Gasteiger partial charge is 0.216 e. The molecule has 1 amide bonds. The van der Waals surface area contributed by atoms with Crippen LogP contribution in [0.25, 0.3) is 21.8 Å². The van der Waals surface area contributed by atoms with Crippen molar-refractivity contribution < 1.29 is 4.79 Å². The minimum atomic E-state index is 0.0486. The molecule has 0 spiro atoms. The third-order valence-electron chi connectivity index (χ3n) is 6.62. The van der Waals surface area contributed by atoms with Crippen molar-refractivity contribution >= 4 is 33.4 Å². The molecule has 5 nitrogen and oxygen atoms in total. The molecule has 4 aromatic rings. The average Bonchev–Trinajstić information content (AvgIpc) is 3.26. The van der Waals surface area contributed by atoms with Crippen LogP contribution < -0.4 is 10.6 Å². The molecular weight excluding hydrogens is 396 g/mol. The number of fused-ring (bicyclic) bond motifs is 3. The summed E-state index contributed by atoms with van der Waals surface area (Å²) in [6.45, 7) is 3.22. The molecule has 2 heterocycles. The van der Waals surface area contributed by atoms with Crippen LogP contribution in [0, 0.1) is 5.92 Å². The maximum absolute atomic E-state index is 11.2. The fraction of sp³-hybridized carbons (Fsp3) is 0.333. The second kappa shape index (κ2) is 9.03. The Labute approximate surface area is 188 Å². The number of aromatic amines is 1. The number of H-pyrrole nitrogens is 1. The predicted octanol–water partition coefficient (Wildman–Crippen LogP) is 5.00. The van der Waals surface area contributed by atoms with Crippen LogP contribution >= 0.6 is 0 Å². The SMILES string of the molecule is CC(=O)NCCC1CCc2c(nc3ccccc3c2NCCc2ccc3[nH]ccc3c2)C1. The highest BCUT2D eigenvalue weighted by Gasteiger charge is 2.23. The average molecular weight is 427 g/mol. The van der Waals surface area contributed by atoms with Crippen molar-refractivity contribution in [3.63, 3.8) is 0 Å². The van der Waals surface area contributed by atoms with Gasteiger partial charge in [-0.3, -0.25) is 9.78 Å². The van der Waals surface area contributed by atoms with Crippen LogP contribution in [0.2, 0.25) is 0 Å².